The van der Waals surface area contributed by atoms with Crippen LogP contribution in [0.3, 0.4) is 0 Å². The second kappa shape index (κ2) is 5.47. The zero-order valence-corrected chi connectivity index (χ0v) is 11.6. The molecule has 0 aliphatic heterocycles. The summed E-state index contributed by atoms with van der Waals surface area (Å²) in [5, 5.41) is 7.88. The molecule has 90 valence electrons. The van der Waals surface area contributed by atoms with Crippen molar-refractivity contribution < 1.29 is 0 Å². The molecule has 0 amide bonds. The van der Waals surface area contributed by atoms with Crippen LogP contribution in [-0.2, 0) is 6.54 Å². The molecule has 1 N–H and O–H groups in total. The highest BCUT2D eigenvalue weighted by Gasteiger charge is 2.02. The van der Waals surface area contributed by atoms with E-state index in [0.717, 1.165) is 22.4 Å². The van der Waals surface area contributed by atoms with Crippen molar-refractivity contribution >= 4 is 15.9 Å². The Balaban J connectivity index is 2.12. The molecular formula is C13H16BrN3. The number of hydrogen-bond acceptors (Lipinski definition) is 2. The van der Waals surface area contributed by atoms with Gasteiger partial charge in [-0.3, -0.25) is 0 Å². The summed E-state index contributed by atoms with van der Waals surface area (Å²) in [5.41, 5.74) is 2.12. The first-order valence-electron chi connectivity index (χ1n) is 5.69. The van der Waals surface area contributed by atoms with Crippen molar-refractivity contribution in [3.05, 3.63) is 46.7 Å². The van der Waals surface area contributed by atoms with Crippen LogP contribution in [0.1, 0.15) is 19.5 Å². The zero-order valence-electron chi connectivity index (χ0n) is 10.0. The zero-order chi connectivity index (χ0) is 12.3. The Hall–Kier alpha value is -1.13. The van der Waals surface area contributed by atoms with Crippen LogP contribution in [0.4, 0.5) is 0 Å². The van der Waals surface area contributed by atoms with Gasteiger partial charge < -0.3 is 5.32 Å². The van der Waals surface area contributed by atoms with Crippen LogP contribution in [0.2, 0.25) is 0 Å². The molecule has 2 aromatic rings. The van der Waals surface area contributed by atoms with E-state index in [-0.39, 0.29) is 0 Å². The molecule has 0 radical (unpaired) electrons. The summed E-state index contributed by atoms with van der Waals surface area (Å²) in [6.07, 6.45) is 1.99. The number of nitrogens with one attached hydrogen (secondary N) is 1. The summed E-state index contributed by atoms with van der Waals surface area (Å²) in [4.78, 5) is 0. The van der Waals surface area contributed by atoms with Gasteiger partial charge in [0, 0.05) is 23.3 Å². The molecule has 1 aromatic carbocycles. The molecule has 1 heterocycles. The SMILES string of the molecule is CC(C)NCc1ccn(-c2cccc(Br)c2)n1. The maximum absolute atomic E-state index is 4.53. The minimum absolute atomic E-state index is 0.478. The van der Waals surface area contributed by atoms with Gasteiger partial charge in [-0.05, 0) is 24.3 Å². The van der Waals surface area contributed by atoms with Crippen molar-refractivity contribution in [1.29, 1.82) is 0 Å². The van der Waals surface area contributed by atoms with E-state index in [1.807, 2.05) is 41.2 Å². The van der Waals surface area contributed by atoms with Crippen LogP contribution in [0.5, 0.6) is 0 Å². The first-order valence-corrected chi connectivity index (χ1v) is 6.48. The van der Waals surface area contributed by atoms with E-state index < -0.39 is 0 Å². The standard InChI is InChI=1S/C13H16BrN3/c1-10(2)15-9-12-6-7-17(16-12)13-5-3-4-11(14)8-13/h3-8,10,15H,9H2,1-2H3. The maximum Gasteiger partial charge on any atom is 0.0766 e. The number of halogens is 1. The fraction of sp³-hybridized carbons (Fsp3) is 0.308. The second-order valence-electron chi connectivity index (χ2n) is 4.27. The van der Waals surface area contributed by atoms with Gasteiger partial charge in [-0.25, -0.2) is 4.68 Å². The van der Waals surface area contributed by atoms with Crippen molar-refractivity contribution in [2.24, 2.45) is 0 Å². The maximum atomic E-state index is 4.53. The lowest BCUT2D eigenvalue weighted by Crippen LogP contribution is -2.22. The van der Waals surface area contributed by atoms with Crippen LogP contribution in [0, 0.1) is 0 Å². The predicted octanol–water partition coefficient (Wildman–Crippen LogP) is 3.13. The van der Waals surface area contributed by atoms with Crippen molar-refractivity contribution in [3.63, 3.8) is 0 Å². The summed E-state index contributed by atoms with van der Waals surface area (Å²) in [7, 11) is 0. The van der Waals surface area contributed by atoms with E-state index in [1.54, 1.807) is 0 Å². The molecule has 3 nitrogen and oxygen atoms in total. The highest BCUT2D eigenvalue weighted by molar-refractivity contribution is 9.10. The smallest absolute Gasteiger partial charge is 0.0766 e. The molecule has 0 saturated heterocycles. The van der Waals surface area contributed by atoms with Gasteiger partial charge in [0.2, 0.25) is 0 Å². The Labute approximate surface area is 110 Å². The van der Waals surface area contributed by atoms with Crippen LogP contribution in [0.15, 0.2) is 41.0 Å². The van der Waals surface area contributed by atoms with Crippen LogP contribution >= 0.6 is 15.9 Å². The monoisotopic (exact) mass is 293 g/mol. The molecule has 0 unspecified atom stereocenters. The molecule has 0 spiro atoms. The highest BCUT2D eigenvalue weighted by Crippen LogP contribution is 2.15. The summed E-state index contributed by atoms with van der Waals surface area (Å²) >= 11 is 3.46. The van der Waals surface area contributed by atoms with Gasteiger partial charge in [-0.15, -0.1) is 0 Å². The Kier molecular flexibility index (Phi) is 3.97. The minimum atomic E-state index is 0.478. The number of hydrogen-bond donors (Lipinski definition) is 1. The van der Waals surface area contributed by atoms with Crippen LogP contribution in [0.25, 0.3) is 5.69 Å². The lowest BCUT2D eigenvalue weighted by molar-refractivity contribution is 0.578. The molecule has 1 aromatic heterocycles. The molecule has 0 saturated carbocycles. The molecule has 0 fully saturated rings. The Morgan fingerprint density at radius 3 is 2.88 bits per heavy atom. The second-order valence-corrected chi connectivity index (χ2v) is 5.18. The van der Waals surface area contributed by atoms with E-state index >= 15 is 0 Å². The number of nitrogens with zero attached hydrogens (tertiary/aromatic N) is 2. The van der Waals surface area contributed by atoms with Crippen LogP contribution < -0.4 is 5.32 Å². The third-order valence-electron chi connectivity index (χ3n) is 2.41. The molecular weight excluding hydrogens is 278 g/mol. The third-order valence-corrected chi connectivity index (χ3v) is 2.90. The van der Waals surface area contributed by atoms with E-state index in [0.29, 0.717) is 6.04 Å². The molecule has 17 heavy (non-hydrogen) atoms. The van der Waals surface area contributed by atoms with E-state index in [9.17, 15) is 0 Å². The Morgan fingerprint density at radius 2 is 2.18 bits per heavy atom. The lowest BCUT2D eigenvalue weighted by Gasteiger charge is -2.05. The summed E-state index contributed by atoms with van der Waals surface area (Å²) in [5.74, 6) is 0. The van der Waals surface area contributed by atoms with E-state index in [2.05, 4.69) is 40.2 Å². The first kappa shape index (κ1) is 12.3. The van der Waals surface area contributed by atoms with Gasteiger partial charge in [0.05, 0.1) is 11.4 Å². The van der Waals surface area contributed by atoms with E-state index in [4.69, 9.17) is 0 Å². The molecule has 0 aliphatic carbocycles. The molecule has 4 heteroatoms. The van der Waals surface area contributed by atoms with Crippen molar-refractivity contribution in [2.75, 3.05) is 0 Å². The topological polar surface area (TPSA) is 29.9 Å². The fourth-order valence-electron chi connectivity index (χ4n) is 1.53. The number of aromatic nitrogens is 2. The molecule has 0 aliphatic rings. The fourth-order valence-corrected chi connectivity index (χ4v) is 1.91. The summed E-state index contributed by atoms with van der Waals surface area (Å²) < 4.78 is 2.95. The van der Waals surface area contributed by atoms with Gasteiger partial charge in [0.1, 0.15) is 0 Å². The minimum Gasteiger partial charge on any atom is -0.309 e. The Bertz CT molecular complexity index is 491. The first-order chi connectivity index (χ1) is 8.15. The van der Waals surface area contributed by atoms with Gasteiger partial charge in [0.25, 0.3) is 0 Å². The summed E-state index contributed by atoms with van der Waals surface area (Å²) in [6.45, 7) is 5.06. The average Bonchev–Trinajstić information content (AvgIpc) is 2.75. The number of rotatable bonds is 4. The normalized spacial score (nSPS) is 11.1. The van der Waals surface area contributed by atoms with Gasteiger partial charge in [0.15, 0.2) is 0 Å². The largest absolute Gasteiger partial charge is 0.309 e. The van der Waals surface area contributed by atoms with Gasteiger partial charge in [-0.2, -0.15) is 5.10 Å². The molecule has 0 atom stereocenters. The van der Waals surface area contributed by atoms with Gasteiger partial charge >= 0.3 is 0 Å². The quantitative estimate of drug-likeness (QED) is 0.939. The van der Waals surface area contributed by atoms with Crippen LogP contribution in [-0.4, -0.2) is 15.8 Å². The van der Waals surface area contributed by atoms with Crippen molar-refractivity contribution in [3.8, 4) is 5.69 Å². The van der Waals surface area contributed by atoms with Gasteiger partial charge in [-0.1, -0.05) is 35.8 Å². The predicted molar refractivity (Wildman–Crippen MR) is 73.2 cm³/mol. The Morgan fingerprint density at radius 1 is 1.35 bits per heavy atom. The summed E-state index contributed by atoms with van der Waals surface area (Å²) in [6, 6.07) is 10.6. The third kappa shape index (κ3) is 3.41. The molecule has 2 rings (SSSR count). The molecule has 0 bridgehead atoms. The lowest BCUT2D eigenvalue weighted by atomic mass is 10.3. The van der Waals surface area contributed by atoms with E-state index in [1.165, 1.54) is 0 Å². The number of benzene rings is 1. The average molecular weight is 294 g/mol. The van der Waals surface area contributed by atoms with Crippen molar-refractivity contribution in [1.82, 2.24) is 15.1 Å². The highest BCUT2D eigenvalue weighted by atomic mass is 79.9. The van der Waals surface area contributed by atoms with Crippen molar-refractivity contribution in [2.45, 2.75) is 26.4 Å².